The average molecular weight is 388 g/mol. The Balaban J connectivity index is 1.89. The van der Waals surface area contributed by atoms with Crippen LogP contribution in [0.4, 0.5) is 5.82 Å². The minimum absolute atomic E-state index is 0.0610. The van der Waals surface area contributed by atoms with E-state index in [0.29, 0.717) is 11.4 Å². The summed E-state index contributed by atoms with van der Waals surface area (Å²) in [6.07, 6.45) is 0. The standard InChI is InChI=1S/C16H20N8O2S/c1-7(2)13-12(19-23-24(13)15-14(17)21-26-22-15)16(25)20-18-9(4)11-6-8(3)27-10(11)5/h6-7H,1-5H3,(H2,17,21)(H,20,25)/b18-9-. The molecule has 3 heterocycles. The van der Waals surface area contributed by atoms with Gasteiger partial charge >= 0.3 is 0 Å². The van der Waals surface area contributed by atoms with Crippen LogP contribution in [0.2, 0.25) is 0 Å². The molecule has 1 amide bonds. The third-order valence-corrected chi connectivity index (χ3v) is 4.88. The van der Waals surface area contributed by atoms with Gasteiger partial charge in [-0.15, -0.1) is 16.4 Å². The van der Waals surface area contributed by atoms with E-state index < -0.39 is 5.91 Å². The number of hydrazone groups is 1. The summed E-state index contributed by atoms with van der Waals surface area (Å²) in [4.78, 5) is 15.0. The minimum Gasteiger partial charge on any atom is -0.378 e. The number of hydrogen-bond acceptors (Lipinski definition) is 9. The van der Waals surface area contributed by atoms with E-state index >= 15 is 0 Å². The number of carbonyl (C=O) groups excluding carboxylic acids is 1. The summed E-state index contributed by atoms with van der Waals surface area (Å²) in [5, 5.41) is 19.4. The maximum atomic E-state index is 12.6. The molecule has 3 aromatic heterocycles. The number of thiophene rings is 1. The molecule has 3 aromatic rings. The fourth-order valence-electron chi connectivity index (χ4n) is 2.70. The van der Waals surface area contributed by atoms with Crippen molar-refractivity contribution >= 4 is 28.8 Å². The molecular formula is C16H20N8O2S. The van der Waals surface area contributed by atoms with Gasteiger partial charge in [-0.25, -0.2) is 10.1 Å². The lowest BCUT2D eigenvalue weighted by molar-refractivity contribution is 0.0948. The van der Waals surface area contributed by atoms with Gasteiger partial charge < -0.3 is 5.73 Å². The molecule has 0 bridgehead atoms. The van der Waals surface area contributed by atoms with Crippen LogP contribution in [0, 0.1) is 13.8 Å². The van der Waals surface area contributed by atoms with E-state index in [1.54, 1.807) is 11.3 Å². The van der Waals surface area contributed by atoms with Gasteiger partial charge in [-0.05, 0) is 43.1 Å². The number of carbonyl (C=O) groups is 1. The molecule has 0 saturated carbocycles. The smallest absolute Gasteiger partial charge is 0.293 e. The Labute approximate surface area is 159 Å². The molecule has 0 aliphatic rings. The van der Waals surface area contributed by atoms with E-state index in [9.17, 15) is 4.79 Å². The highest BCUT2D eigenvalue weighted by Gasteiger charge is 2.25. The van der Waals surface area contributed by atoms with Gasteiger partial charge in [0, 0.05) is 15.3 Å². The van der Waals surface area contributed by atoms with Crippen molar-refractivity contribution in [1.29, 1.82) is 0 Å². The summed E-state index contributed by atoms with van der Waals surface area (Å²) in [6, 6.07) is 2.04. The Bertz CT molecular complexity index is 1010. The number of hydrogen-bond donors (Lipinski definition) is 2. The molecular weight excluding hydrogens is 368 g/mol. The topological polar surface area (TPSA) is 137 Å². The van der Waals surface area contributed by atoms with Gasteiger partial charge in [-0.1, -0.05) is 19.1 Å². The average Bonchev–Trinajstić information content (AvgIpc) is 3.30. The quantitative estimate of drug-likeness (QED) is 0.505. The van der Waals surface area contributed by atoms with Crippen LogP contribution in [0.3, 0.4) is 0 Å². The van der Waals surface area contributed by atoms with Gasteiger partial charge in [0.05, 0.1) is 11.4 Å². The molecule has 0 aromatic carbocycles. The molecule has 142 valence electrons. The highest BCUT2D eigenvalue weighted by atomic mass is 32.1. The van der Waals surface area contributed by atoms with Gasteiger partial charge in [0.25, 0.3) is 5.91 Å². The molecule has 0 fully saturated rings. The fraction of sp³-hybridized carbons (Fsp3) is 0.375. The van der Waals surface area contributed by atoms with Crippen LogP contribution in [0.15, 0.2) is 15.8 Å². The van der Waals surface area contributed by atoms with Crippen molar-refractivity contribution in [3.8, 4) is 5.82 Å². The highest BCUT2D eigenvalue weighted by molar-refractivity contribution is 7.12. The van der Waals surface area contributed by atoms with E-state index in [4.69, 9.17) is 5.73 Å². The molecule has 0 aliphatic carbocycles. The number of nitrogens with one attached hydrogen (secondary N) is 1. The summed E-state index contributed by atoms with van der Waals surface area (Å²) in [5.74, 6) is -0.298. The van der Waals surface area contributed by atoms with Crippen molar-refractivity contribution < 1.29 is 9.42 Å². The molecule has 3 rings (SSSR count). The Morgan fingerprint density at radius 3 is 2.67 bits per heavy atom. The molecule has 0 aliphatic heterocycles. The zero-order valence-electron chi connectivity index (χ0n) is 15.6. The van der Waals surface area contributed by atoms with Crippen molar-refractivity contribution in [3.05, 3.63) is 32.8 Å². The van der Waals surface area contributed by atoms with Gasteiger partial charge in [-0.3, -0.25) is 4.79 Å². The third-order valence-electron chi connectivity index (χ3n) is 3.92. The number of aromatic nitrogens is 5. The zero-order valence-corrected chi connectivity index (χ0v) is 16.5. The molecule has 10 nitrogen and oxygen atoms in total. The molecule has 0 unspecified atom stereocenters. The van der Waals surface area contributed by atoms with Crippen LogP contribution in [-0.4, -0.2) is 36.9 Å². The van der Waals surface area contributed by atoms with Gasteiger partial charge in [0.1, 0.15) is 0 Å². The van der Waals surface area contributed by atoms with Crippen molar-refractivity contribution in [2.75, 3.05) is 5.73 Å². The van der Waals surface area contributed by atoms with Crippen LogP contribution < -0.4 is 11.2 Å². The van der Waals surface area contributed by atoms with Gasteiger partial charge in [-0.2, -0.15) is 9.78 Å². The largest absolute Gasteiger partial charge is 0.378 e. The van der Waals surface area contributed by atoms with Crippen LogP contribution in [0.25, 0.3) is 5.82 Å². The number of nitrogens with zero attached hydrogens (tertiary/aromatic N) is 6. The Morgan fingerprint density at radius 1 is 1.37 bits per heavy atom. The number of rotatable bonds is 5. The first kappa shape index (κ1) is 18.7. The minimum atomic E-state index is -0.469. The second-order valence-electron chi connectivity index (χ2n) is 6.33. The Hall–Kier alpha value is -3.08. The van der Waals surface area contributed by atoms with E-state index in [2.05, 4.69) is 35.8 Å². The van der Waals surface area contributed by atoms with Crippen LogP contribution in [0.1, 0.15) is 58.2 Å². The van der Waals surface area contributed by atoms with Gasteiger partial charge in [0.2, 0.25) is 11.6 Å². The Morgan fingerprint density at radius 2 is 2.11 bits per heavy atom. The summed E-state index contributed by atoms with van der Waals surface area (Å²) in [5.41, 5.74) is 10.7. The van der Waals surface area contributed by atoms with Crippen molar-refractivity contribution in [2.24, 2.45) is 5.10 Å². The predicted molar refractivity (Wildman–Crippen MR) is 101 cm³/mol. The molecule has 0 saturated heterocycles. The third kappa shape index (κ3) is 3.58. The van der Waals surface area contributed by atoms with Crippen molar-refractivity contribution in [1.82, 2.24) is 30.7 Å². The second-order valence-corrected chi connectivity index (χ2v) is 7.79. The fourth-order valence-corrected chi connectivity index (χ4v) is 3.68. The number of nitrogen functional groups attached to an aromatic ring is 1. The van der Waals surface area contributed by atoms with Gasteiger partial charge in [0.15, 0.2) is 5.69 Å². The molecule has 0 atom stereocenters. The SMILES string of the molecule is C/C(=N/NC(=O)c1nnn(-c2nonc2N)c1C(C)C)c1cc(C)sc1C. The molecule has 0 spiro atoms. The van der Waals surface area contributed by atoms with E-state index in [1.165, 1.54) is 9.56 Å². The van der Waals surface area contributed by atoms with Crippen molar-refractivity contribution in [3.63, 3.8) is 0 Å². The monoisotopic (exact) mass is 388 g/mol. The van der Waals surface area contributed by atoms with Crippen LogP contribution >= 0.6 is 11.3 Å². The number of amides is 1. The summed E-state index contributed by atoms with van der Waals surface area (Å²) < 4.78 is 5.97. The summed E-state index contributed by atoms with van der Waals surface area (Å²) in [6.45, 7) is 9.71. The number of aryl methyl sites for hydroxylation is 2. The first-order valence-electron chi connectivity index (χ1n) is 8.25. The highest BCUT2D eigenvalue weighted by Crippen LogP contribution is 2.23. The molecule has 0 radical (unpaired) electrons. The van der Waals surface area contributed by atoms with E-state index in [0.717, 1.165) is 10.4 Å². The van der Waals surface area contributed by atoms with Crippen molar-refractivity contribution in [2.45, 2.75) is 40.5 Å². The Kier molecular flexibility index (Phi) is 5.04. The second kappa shape index (κ2) is 7.27. The molecule has 3 N–H and O–H groups in total. The number of nitrogens with two attached hydrogens (primary N) is 1. The van der Waals surface area contributed by atoms with E-state index in [1.807, 2.05) is 40.7 Å². The maximum absolute atomic E-state index is 12.6. The lowest BCUT2D eigenvalue weighted by Crippen LogP contribution is -2.22. The molecule has 27 heavy (non-hydrogen) atoms. The number of anilines is 1. The van der Waals surface area contributed by atoms with E-state index in [-0.39, 0.29) is 23.2 Å². The first-order chi connectivity index (χ1) is 12.8. The van der Waals surface area contributed by atoms with Crippen LogP contribution in [0.5, 0.6) is 0 Å². The predicted octanol–water partition coefficient (Wildman–Crippen LogP) is 2.19. The first-order valence-corrected chi connectivity index (χ1v) is 9.07. The summed E-state index contributed by atoms with van der Waals surface area (Å²) in [7, 11) is 0. The molecule has 11 heteroatoms. The normalized spacial score (nSPS) is 12.0. The lowest BCUT2D eigenvalue weighted by Gasteiger charge is -2.08. The maximum Gasteiger partial charge on any atom is 0.293 e. The zero-order chi connectivity index (χ0) is 19.7. The van der Waals surface area contributed by atoms with Crippen LogP contribution in [-0.2, 0) is 0 Å². The summed E-state index contributed by atoms with van der Waals surface area (Å²) >= 11 is 1.68. The lowest BCUT2D eigenvalue weighted by atomic mass is 10.1.